The zero-order valence-electron chi connectivity index (χ0n) is 11.6. The van der Waals surface area contributed by atoms with E-state index in [1.54, 1.807) is 0 Å². The van der Waals surface area contributed by atoms with Gasteiger partial charge < -0.3 is 9.84 Å². The van der Waals surface area contributed by atoms with Crippen molar-refractivity contribution in [1.29, 1.82) is 0 Å². The summed E-state index contributed by atoms with van der Waals surface area (Å²) >= 11 is 0. The van der Waals surface area contributed by atoms with Crippen LogP contribution in [-0.4, -0.2) is 22.4 Å². The highest BCUT2D eigenvalue weighted by Crippen LogP contribution is 2.68. The molecule has 0 bridgehead atoms. The summed E-state index contributed by atoms with van der Waals surface area (Å²) in [5, 5.41) is 10.7. The second-order valence-electron chi connectivity index (χ2n) is 7.55. The fourth-order valence-corrected chi connectivity index (χ4v) is 4.85. The van der Waals surface area contributed by atoms with Gasteiger partial charge in [-0.2, -0.15) is 0 Å². The molecule has 2 aliphatic carbocycles. The van der Waals surface area contributed by atoms with E-state index in [-0.39, 0.29) is 22.7 Å². The van der Waals surface area contributed by atoms with E-state index in [9.17, 15) is 5.11 Å². The predicted molar refractivity (Wildman–Crippen MR) is 67.7 cm³/mol. The summed E-state index contributed by atoms with van der Waals surface area (Å²) in [5.74, 6) is 0.752. The minimum atomic E-state index is -0.182. The average Bonchev–Trinajstić information content (AvgIpc) is 2.78. The number of hydrogen-bond acceptors (Lipinski definition) is 2. The molecule has 0 radical (unpaired) electrons. The topological polar surface area (TPSA) is 32.8 Å². The van der Waals surface area contributed by atoms with Crippen molar-refractivity contribution in [3.8, 4) is 0 Å². The molecule has 0 aromatic rings. The molecule has 2 nitrogen and oxygen atoms in total. The molecule has 2 saturated carbocycles. The number of ether oxygens (including phenoxy) is 1. The summed E-state index contributed by atoms with van der Waals surface area (Å²) in [6.07, 6.45) is 5.72. The van der Waals surface area contributed by atoms with Crippen molar-refractivity contribution in [3.05, 3.63) is 0 Å². The molecule has 2 heteroatoms. The Labute approximate surface area is 105 Å². The Morgan fingerprint density at radius 1 is 1.12 bits per heavy atom. The number of rotatable bonds is 0. The maximum absolute atomic E-state index is 10.7. The van der Waals surface area contributed by atoms with Crippen LogP contribution in [0.1, 0.15) is 59.8 Å². The molecular weight excluding hydrogens is 212 g/mol. The number of hydrogen-bond donors (Lipinski definition) is 1. The molecule has 0 aromatic heterocycles. The van der Waals surface area contributed by atoms with E-state index in [1.807, 2.05) is 0 Å². The first-order valence-corrected chi connectivity index (χ1v) is 7.21. The SMILES string of the molecule is C[C@H]1CC[C@@]23O[C@]2(C)CCCC(C)(C)[C@H]3[C@@H]1O. The molecule has 3 rings (SSSR count). The Kier molecular flexibility index (Phi) is 2.30. The fourth-order valence-electron chi connectivity index (χ4n) is 4.85. The lowest BCUT2D eigenvalue weighted by atomic mass is 9.59. The summed E-state index contributed by atoms with van der Waals surface area (Å²) in [5.41, 5.74) is 0.272. The van der Waals surface area contributed by atoms with E-state index in [0.717, 1.165) is 12.8 Å². The van der Waals surface area contributed by atoms with E-state index in [1.165, 1.54) is 19.3 Å². The van der Waals surface area contributed by atoms with Crippen LogP contribution in [0.4, 0.5) is 0 Å². The third-order valence-electron chi connectivity index (χ3n) is 5.98. The van der Waals surface area contributed by atoms with Gasteiger partial charge in [-0.15, -0.1) is 0 Å². The Bertz CT molecular complexity index is 338. The molecule has 0 amide bonds. The molecular formula is C15H26O2. The van der Waals surface area contributed by atoms with Crippen LogP contribution in [0.25, 0.3) is 0 Å². The predicted octanol–water partition coefficient (Wildman–Crippen LogP) is 3.13. The van der Waals surface area contributed by atoms with Crippen LogP contribution in [0.3, 0.4) is 0 Å². The maximum atomic E-state index is 10.7. The Morgan fingerprint density at radius 2 is 1.82 bits per heavy atom. The van der Waals surface area contributed by atoms with Crippen LogP contribution >= 0.6 is 0 Å². The molecule has 1 spiro atoms. The third kappa shape index (κ3) is 1.40. The van der Waals surface area contributed by atoms with Gasteiger partial charge in [-0.1, -0.05) is 20.8 Å². The van der Waals surface area contributed by atoms with E-state index in [0.29, 0.717) is 11.8 Å². The smallest absolute Gasteiger partial charge is 0.103 e. The lowest BCUT2D eigenvalue weighted by molar-refractivity contribution is -0.0781. The van der Waals surface area contributed by atoms with E-state index in [4.69, 9.17) is 4.74 Å². The first-order chi connectivity index (χ1) is 7.82. The third-order valence-corrected chi connectivity index (χ3v) is 5.98. The van der Waals surface area contributed by atoms with Gasteiger partial charge in [0.25, 0.3) is 0 Å². The van der Waals surface area contributed by atoms with Crippen molar-refractivity contribution in [2.45, 2.75) is 77.1 Å². The van der Waals surface area contributed by atoms with Gasteiger partial charge in [-0.3, -0.25) is 0 Å². The molecule has 0 unspecified atom stereocenters. The molecule has 1 saturated heterocycles. The van der Waals surface area contributed by atoms with Crippen molar-refractivity contribution in [2.75, 3.05) is 0 Å². The van der Waals surface area contributed by atoms with E-state index < -0.39 is 0 Å². The van der Waals surface area contributed by atoms with Gasteiger partial charge in [-0.25, -0.2) is 0 Å². The quantitative estimate of drug-likeness (QED) is 0.658. The minimum absolute atomic E-state index is 0.00106. The molecule has 1 N–H and O–H groups in total. The first-order valence-electron chi connectivity index (χ1n) is 7.21. The van der Waals surface area contributed by atoms with Crippen molar-refractivity contribution in [3.63, 3.8) is 0 Å². The van der Waals surface area contributed by atoms with Crippen LogP contribution in [0.5, 0.6) is 0 Å². The summed E-state index contributed by atoms with van der Waals surface area (Å²) in [6, 6.07) is 0. The zero-order valence-corrected chi connectivity index (χ0v) is 11.6. The second kappa shape index (κ2) is 3.27. The van der Waals surface area contributed by atoms with Crippen molar-refractivity contribution in [2.24, 2.45) is 17.3 Å². The largest absolute Gasteiger partial charge is 0.392 e. The summed E-state index contributed by atoms with van der Waals surface area (Å²) < 4.78 is 6.23. The number of aliphatic hydroxyl groups excluding tert-OH is 1. The van der Waals surface area contributed by atoms with Crippen LogP contribution in [-0.2, 0) is 4.74 Å². The zero-order chi connectivity index (χ0) is 12.5. The molecule has 0 aromatic carbocycles. The molecule has 3 fully saturated rings. The highest BCUT2D eigenvalue weighted by atomic mass is 16.6. The molecule has 3 aliphatic rings. The van der Waals surface area contributed by atoms with Gasteiger partial charge in [0.1, 0.15) is 5.60 Å². The Hall–Kier alpha value is -0.0800. The summed E-state index contributed by atoms with van der Waals surface area (Å²) in [4.78, 5) is 0. The van der Waals surface area contributed by atoms with Crippen molar-refractivity contribution in [1.82, 2.24) is 0 Å². The van der Waals surface area contributed by atoms with Crippen LogP contribution in [0.15, 0.2) is 0 Å². The van der Waals surface area contributed by atoms with Gasteiger partial charge in [0.15, 0.2) is 0 Å². The van der Waals surface area contributed by atoms with Gasteiger partial charge in [0, 0.05) is 5.92 Å². The van der Waals surface area contributed by atoms with E-state index >= 15 is 0 Å². The number of aliphatic hydroxyl groups is 1. The standard InChI is InChI=1S/C15H26O2/c1-10-6-9-15-12(11(10)16)13(2,3)7-5-8-14(15,4)17-15/h10-12,16H,5-9H2,1-4H3/t10-,11+,12+,14+,15-/m0/s1. The van der Waals surface area contributed by atoms with Crippen LogP contribution in [0.2, 0.25) is 0 Å². The molecule has 17 heavy (non-hydrogen) atoms. The minimum Gasteiger partial charge on any atom is -0.392 e. The highest BCUT2D eigenvalue weighted by Gasteiger charge is 2.75. The fraction of sp³-hybridized carbons (Fsp3) is 1.00. The Morgan fingerprint density at radius 3 is 2.53 bits per heavy atom. The van der Waals surface area contributed by atoms with Crippen LogP contribution < -0.4 is 0 Å². The van der Waals surface area contributed by atoms with E-state index in [2.05, 4.69) is 27.7 Å². The van der Waals surface area contributed by atoms with Gasteiger partial charge in [0.05, 0.1) is 11.7 Å². The Balaban J connectivity index is 2.02. The van der Waals surface area contributed by atoms with Crippen molar-refractivity contribution < 1.29 is 9.84 Å². The van der Waals surface area contributed by atoms with Crippen LogP contribution in [0, 0.1) is 17.3 Å². The highest BCUT2D eigenvalue weighted by molar-refractivity contribution is 5.23. The normalized spacial score (nSPS) is 56.6. The molecule has 1 aliphatic heterocycles. The summed E-state index contributed by atoms with van der Waals surface area (Å²) in [7, 11) is 0. The molecule has 1 heterocycles. The van der Waals surface area contributed by atoms with Gasteiger partial charge in [0.2, 0.25) is 0 Å². The molecule has 98 valence electrons. The van der Waals surface area contributed by atoms with Gasteiger partial charge >= 0.3 is 0 Å². The number of epoxide rings is 1. The average molecular weight is 238 g/mol. The van der Waals surface area contributed by atoms with Gasteiger partial charge in [-0.05, 0) is 50.4 Å². The lowest BCUT2D eigenvalue weighted by Crippen LogP contribution is -2.52. The maximum Gasteiger partial charge on any atom is 0.103 e. The summed E-state index contributed by atoms with van der Waals surface area (Å²) in [6.45, 7) is 9.12. The van der Waals surface area contributed by atoms with Crippen molar-refractivity contribution >= 4 is 0 Å². The second-order valence-corrected chi connectivity index (χ2v) is 7.55. The molecule has 5 atom stereocenters. The lowest BCUT2D eigenvalue weighted by Gasteiger charge is -2.46. The monoisotopic (exact) mass is 238 g/mol. The first kappa shape index (κ1) is 12.0.